The standard InChI is InChI=1S/C16H22N4/c1-19(2)11-12-4-3-9-20(12)16-6-5-15(17)13-7-8-18-10-14(13)16/h5-8,10,12H,3-4,9,11,17H2,1-2H3. The van der Waals surface area contributed by atoms with Gasteiger partial charge in [0.15, 0.2) is 0 Å². The van der Waals surface area contributed by atoms with Crippen LogP contribution < -0.4 is 10.6 Å². The molecule has 0 aliphatic carbocycles. The van der Waals surface area contributed by atoms with E-state index >= 15 is 0 Å². The van der Waals surface area contributed by atoms with Crippen molar-refractivity contribution in [1.82, 2.24) is 9.88 Å². The van der Waals surface area contributed by atoms with Crippen molar-refractivity contribution in [3.05, 3.63) is 30.6 Å². The van der Waals surface area contributed by atoms with Crippen LogP contribution in [-0.2, 0) is 0 Å². The van der Waals surface area contributed by atoms with E-state index in [1.54, 1.807) is 0 Å². The lowest BCUT2D eigenvalue weighted by Gasteiger charge is -2.30. The fraction of sp³-hybridized carbons (Fsp3) is 0.438. The Morgan fingerprint density at radius 1 is 1.30 bits per heavy atom. The number of benzene rings is 1. The molecule has 1 aliphatic rings. The smallest absolute Gasteiger partial charge is 0.0466 e. The zero-order valence-electron chi connectivity index (χ0n) is 12.2. The molecule has 0 amide bonds. The molecular formula is C16H22N4. The zero-order chi connectivity index (χ0) is 14.1. The molecule has 0 saturated carbocycles. The number of pyridine rings is 1. The maximum absolute atomic E-state index is 6.08. The Hall–Kier alpha value is -1.81. The van der Waals surface area contributed by atoms with E-state index in [2.05, 4.69) is 34.9 Å². The van der Waals surface area contributed by atoms with Gasteiger partial charge in [-0.1, -0.05) is 0 Å². The van der Waals surface area contributed by atoms with Gasteiger partial charge in [0, 0.05) is 53.7 Å². The minimum atomic E-state index is 0.581. The number of anilines is 2. The first-order valence-electron chi connectivity index (χ1n) is 7.20. The Labute approximate surface area is 120 Å². The first-order valence-corrected chi connectivity index (χ1v) is 7.20. The molecule has 4 heteroatoms. The number of hydrogen-bond acceptors (Lipinski definition) is 4. The number of nitrogen functional groups attached to an aromatic ring is 1. The van der Waals surface area contributed by atoms with Crippen molar-refractivity contribution in [3.8, 4) is 0 Å². The molecule has 0 spiro atoms. The molecule has 1 saturated heterocycles. The largest absolute Gasteiger partial charge is 0.398 e. The molecule has 1 fully saturated rings. The quantitative estimate of drug-likeness (QED) is 0.870. The number of rotatable bonds is 3. The molecule has 2 heterocycles. The van der Waals surface area contributed by atoms with Crippen molar-refractivity contribution in [2.75, 3.05) is 37.8 Å². The monoisotopic (exact) mass is 270 g/mol. The van der Waals surface area contributed by atoms with E-state index in [9.17, 15) is 0 Å². The molecule has 2 aromatic rings. The number of nitrogens with two attached hydrogens (primary N) is 1. The lowest BCUT2D eigenvalue weighted by Crippen LogP contribution is -2.37. The van der Waals surface area contributed by atoms with Gasteiger partial charge in [-0.3, -0.25) is 4.98 Å². The van der Waals surface area contributed by atoms with Crippen LogP contribution in [0, 0.1) is 0 Å². The Bertz CT molecular complexity index is 608. The summed E-state index contributed by atoms with van der Waals surface area (Å²) in [6, 6.07) is 6.75. The van der Waals surface area contributed by atoms with Gasteiger partial charge in [-0.15, -0.1) is 0 Å². The van der Waals surface area contributed by atoms with Crippen LogP contribution in [0.25, 0.3) is 10.8 Å². The molecule has 1 aromatic heterocycles. The lowest BCUT2D eigenvalue weighted by atomic mass is 10.1. The van der Waals surface area contributed by atoms with Crippen LogP contribution in [0.15, 0.2) is 30.6 Å². The van der Waals surface area contributed by atoms with E-state index in [-0.39, 0.29) is 0 Å². The minimum Gasteiger partial charge on any atom is -0.398 e. The Kier molecular flexibility index (Phi) is 3.49. The normalized spacial score (nSPS) is 19.1. The van der Waals surface area contributed by atoms with Crippen LogP contribution in [0.1, 0.15) is 12.8 Å². The van der Waals surface area contributed by atoms with Crippen LogP contribution in [0.4, 0.5) is 11.4 Å². The maximum atomic E-state index is 6.08. The number of nitrogens with zero attached hydrogens (tertiary/aromatic N) is 3. The Balaban J connectivity index is 2.03. The summed E-state index contributed by atoms with van der Waals surface area (Å²) in [7, 11) is 4.28. The first-order chi connectivity index (χ1) is 9.66. The second-order valence-corrected chi connectivity index (χ2v) is 5.85. The molecule has 20 heavy (non-hydrogen) atoms. The topological polar surface area (TPSA) is 45.4 Å². The van der Waals surface area contributed by atoms with Crippen LogP contribution >= 0.6 is 0 Å². The van der Waals surface area contributed by atoms with Crippen molar-refractivity contribution in [2.24, 2.45) is 0 Å². The summed E-state index contributed by atoms with van der Waals surface area (Å²) in [5.41, 5.74) is 8.18. The molecule has 1 atom stereocenters. The highest BCUT2D eigenvalue weighted by molar-refractivity contribution is 6.01. The molecule has 1 aromatic carbocycles. The van der Waals surface area contributed by atoms with Gasteiger partial charge in [0.25, 0.3) is 0 Å². The lowest BCUT2D eigenvalue weighted by molar-refractivity contribution is 0.372. The number of fused-ring (bicyclic) bond motifs is 1. The van der Waals surface area contributed by atoms with Gasteiger partial charge in [-0.05, 0) is 45.1 Å². The second-order valence-electron chi connectivity index (χ2n) is 5.85. The average Bonchev–Trinajstić information content (AvgIpc) is 2.87. The van der Waals surface area contributed by atoms with E-state index in [1.807, 2.05) is 24.5 Å². The third-order valence-corrected chi connectivity index (χ3v) is 4.09. The molecule has 2 N–H and O–H groups in total. The van der Waals surface area contributed by atoms with Gasteiger partial charge in [-0.25, -0.2) is 0 Å². The Morgan fingerprint density at radius 2 is 2.15 bits per heavy atom. The molecule has 106 valence electrons. The van der Waals surface area contributed by atoms with Gasteiger partial charge in [0.05, 0.1) is 0 Å². The van der Waals surface area contributed by atoms with Crippen LogP contribution in [0.3, 0.4) is 0 Å². The summed E-state index contributed by atoms with van der Waals surface area (Å²) in [6.07, 6.45) is 6.25. The number of likely N-dealkylation sites (N-methyl/N-ethyl adjacent to an activating group) is 1. The predicted octanol–water partition coefficient (Wildman–Crippen LogP) is 2.35. The summed E-state index contributed by atoms with van der Waals surface area (Å²) in [5, 5.41) is 2.27. The number of aromatic nitrogens is 1. The van der Waals surface area contributed by atoms with Crippen molar-refractivity contribution in [3.63, 3.8) is 0 Å². The molecule has 0 radical (unpaired) electrons. The highest BCUT2D eigenvalue weighted by Crippen LogP contribution is 2.34. The summed E-state index contributed by atoms with van der Waals surface area (Å²) < 4.78 is 0. The molecule has 1 unspecified atom stereocenters. The SMILES string of the molecule is CN(C)CC1CCCN1c1ccc(N)c2ccncc12. The third kappa shape index (κ3) is 2.31. The van der Waals surface area contributed by atoms with Gasteiger partial charge in [-0.2, -0.15) is 0 Å². The van der Waals surface area contributed by atoms with Gasteiger partial charge < -0.3 is 15.5 Å². The van der Waals surface area contributed by atoms with E-state index in [0.717, 1.165) is 29.5 Å². The summed E-state index contributed by atoms with van der Waals surface area (Å²) in [4.78, 5) is 9.06. The summed E-state index contributed by atoms with van der Waals surface area (Å²) in [6.45, 7) is 2.21. The van der Waals surface area contributed by atoms with Gasteiger partial charge in [0.1, 0.15) is 0 Å². The fourth-order valence-electron chi connectivity index (χ4n) is 3.21. The fourth-order valence-corrected chi connectivity index (χ4v) is 3.21. The van der Waals surface area contributed by atoms with Crippen molar-refractivity contribution in [1.29, 1.82) is 0 Å². The highest BCUT2D eigenvalue weighted by Gasteiger charge is 2.26. The van der Waals surface area contributed by atoms with Gasteiger partial charge in [0.2, 0.25) is 0 Å². The van der Waals surface area contributed by atoms with E-state index < -0.39 is 0 Å². The highest BCUT2D eigenvalue weighted by atomic mass is 15.2. The summed E-state index contributed by atoms with van der Waals surface area (Å²) >= 11 is 0. The van der Waals surface area contributed by atoms with Crippen LogP contribution in [0.2, 0.25) is 0 Å². The second kappa shape index (κ2) is 5.29. The van der Waals surface area contributed by atoms with Crippen molar-refractivity contribution in [2.45, 2.75) is 18.9 Å². The molecule has 4 nitrogen and oxygen atoms in total. The summed E-state index contributed by atoms with van der Waals surface area (Å²) in [5.74, 6) is 0. The molecule has 0 bridgehead atoms. The van der Waals surface area contributed by atoms with E-state index in [1.165, 1.54) is 18.5 Å². The number of hydrogen-bond donors (Lipinski definition) is 1. The van der Waals surface area contributed by atoms with E-state index in [4.69, 9.17) is 5.73 Å². The van der Waals surface area contributed by atoms with Crippen LogP contribution in [0.5, 0.6) is 0 Å². The van der Waals surface area contributed by atoms with Gasteiger partial charge >= 0.3 is 0 Å². The molecule has 3 rings (SSSR count). The molecule has 1 aliphatic heterocycles. The third-order valence-electron chi connectivity index (χ3n) is 4.09. The van der Waals surface area contributed by atoms with Crippen molar-refractivity contribution < 1.29 is 0 Å². The Morgan fingerprint density at radius 3 is 2.95 bits per heavy atom. The minimum absolute atomic E-state index is 0.581. The molecular weight excluding hydrogens is 248 g/mol. The van der Waals surface area contributed by atoms with Crippen LogP contribution in [-0.4, -0.2) is 43.1 Å². The van der Waals surface area contributed by atoms with Crippen molar-refractivity contribution >= 4 is 22.1 Å². The average molecular weight is 270 g/mol. The zero-order valence-corrected chi connectivity index (χ0v) is 12.2. The maximum Gasteiger partial charge on any atom is 0.0466 e. The predicted molar refractivity (Wildman–Crippen MR) is 85.1 cm³/mol. The first kappa shape index (κ1) is 13.2. The van der Waals surface area contributed by atoms with E-state index in [0.29, 0.717) is 6.04 Å².